The van der Waals surface area contributed by atoms with Crippen LogP contribution in [0.1, 0.15) is 19.3 Å². The van der Waals surface area contributed by atoms with E-state index in [1.807, 2.05) is 0 Å². The Morgan fingerprint density at radius 2 is 0.947 bits per heavy atom. The first kappa shape index (κ1) is 19.1. The molecule has 3 unspecified atom stereocenters. The second-order valence-electron chi connectivity index (χ2n) is 3.49. The van der Waals surface area contributed by atoms with Crippen molar-refractivity contribution < 1.29 is 29.7 Å². The van der Waals surface area contributed by atoms with Crippen molar-refractivity contribution >= 4 is 49.7 Å². The van der Waals surface area contributed by atoms with Gasteiger partial charge in [0.25, 0.3) is 0 Å². The van der Waals surface area contributed by atoms with E-state index in [1.54, 1.807) is 0 Å². The second kappa shape index (κ2) is 11.9. The Labute approximate surface area is 117 Å². The van der Waals surface area contributed by atoms with Crippen LogP contribution in [-0.4, -0.2) is 51.7 Å². The maximum atomic E-state index is 10.4. The van der Waals surface area contributed by atoms with Gasteiger partial charge in [0.1, 0.15) is 0 Å². The molecule has 0 heterocycles. The molecule has 0 aliphatic rings. The van der Waals surface area contributed by atoms with Gasteiger partial charge in [-0.3, -0.25) is 14.4 Å². The zero-order chi connectivity index (χ0) is 14.7. The van der Waals surface area contributed by atoms with E-state index in [4.69, 9.17) is 15.3 Å². The highest BCUT2D eigenvalue weighted by atomic mass is 32.7. The third-order valence-electron chi connectivity index (χ3n) is 1.83. The SMILES string of the molecule is O=C(O)CCPP(PCCC(=O)O)PCCC(=O)O. The quantitative estimate of drug-likeness (QED) is 0.469. The molecule has 6 nitrogen and oxygen atoms in total. The Hall–Kier alpha value is 0.130. The van der Waals surface area contributed by atoms with Crippen molar-refractivity contribution in [2.75, 3.05) is 18.5 Å². The summed E-state index contributed by atoms with van der Waals surface area (Å²) in [6, 6.07) is 0. The van der Waals surface area contributed by atoms with E-state index in [2.05, 4.69) is 0 Å². The molecule has 0 radical (unpaired) electrons. The molecule has 0 aromatic heterocycles. The van der Waals surface area contributed by atoms with Crippen LogP contribution in [0.25, 0.3) is 0 Å². The summed E-state index contributed by atoms with van der Waals surface area (Å²) in [7, 11) is 1.64. The zero-order valence-corrected chi connectivity index (χ0v) is 14.2. The van der Waals surface area contributed by atoms with Crippen LogP contribution < -0.4 is 0 Å². The minimum Gasteiger partial charge on any atom is -0.481 e. The fourth-order valence-electron chi connectivity index (χ4n) is 0.992. The number of hydrogen-bond acceptors (Lipinski definition) is 3. The molecule has 0 saturated carbocycles. The summed E-state index contributed by atoms with van der Waals surface area (Å²) in [5, 5.41) is 25.8. The summed E-state index contributed by atoms with van der Waals surface area (Å²) >= 11 is 0. The number of aliphatic carboxylic acids is 3. The molecule has 0 bridgehead atoms. The number of hydrogen-bond donors (Lipinski definition) is 3. The minimum absolute atomic E-state index is 0.143. The molecule has 3 N–H and O–H groups in total. The number of rotatable bonds is 12. The Morgan fingerprint density at radius 3 is 1.16 bits per heavy atom. The molecule has 0 aromatic rings. The Bertz CT molecular complexity index is 264. The summed E-state index contributed by atoms with van der Waals surface area (Å²) in [6.45, 7) is -0.359. The highest BCUT2D eigenvalue weighted by Gasteiger charge is 2.11. The first-order valence-corrected chi connectivity index (χ1v) is 13.1. The normalized spacial score (nSPS) is 13.9. The first-order valence-electron chi connectivity index (χ1n) is 5.58. The van der Waals surface area contributed by atoms with Crippen molar-refractivity contribution in [2.24, 2.45) is 0 Å². The molecule has 0 spiro atoms. The van der Waals surface area contributed by atoms with Gasteiger partial charge in [-0.2, -0.15) is 0 Å². The lowest BCUT2D eigenvalue weighted by atomic mass is 10.5. The van der Waals surface area contributed by atoms with Gasteiger partial charge in [0.05, 0.1) is 0 Å². The molecule has 19 heavy (non-hydrogen) atoms. The molecule has 0 aliphatic carbocycles. The largest absolute Gasteiger partial charge is 0.481 e. The van der Waals surface area contributed by atoms with Crippen molar-refractivity contribution in [3.05, 3.63) is 0 Å². The molecule has 0 saturated heterocycles. The lowest BCUT2D eigenvalue weighted by molar-refractivity contribution is -0.137. The van der Waals surface area contributed by atoms with Crippen molar-refractivity contribution in [1.29, 1.82) is 0 Å². The van der Waals surface area contributed by atoms with E-state index < -0.39 is 17.9 Å². The van der Waals surface area contributed by atoms with Crippen molar-refractivity contribution in [1.82, 2.24) is 0 Å². The van der Waals surface area contributed by atoms with Gasteiger partial charge in [0.2, 0.25) is 0 Å². The fourth-order valence-corrected chi connectivity index (χ4v) is 16.1. The molecule has 10 heteroatoms. The van der Waals surface area contributed by atoms with Gasteiger partial charge in [-0.15, -0.1) is 0 Å². The minimum atomic E-state index is -0.815. The van der Waals surface area contributed by atoms with Crippen LogP contribution in [0.15, 0.2) is 0 Å². The third-order valence-corrected chi connectivity index (χ3v) is 17.6. The third kappa shape index (κ3) is 14.4. The van der Waals surface area contributed by atoms with E-state index in [-0.39, 0.29) is 26.2 Å². The summed E-state index contributed by atoms with van der Waals surface area (Å²) < 4.78 is 0. The predicted molar refractivity (Wildman–Crippen MR) is 83.2 cm³/mol. The van der Waals surface area contributed by atoms with Crippen LogP contribution in [-0.2, 0) is 14.4 Å². The smallest absolute Gasteiger partial charge is 0.303 e. The maximum Gasteiger partial charge on any atom is 0.303 e. The summed E-state index contributed by atoms with van der Waals surface area (Å²) in [4.78, 5) is 31.3. The molecule has 0 amide bonds. The Morgan fingerprint density at radius 1 is 0.684 bits per heavy atom. The van der Waals surface area contributed by atoms with Crippen LogP contribution in [0.4, 0.5) is 0 Å². The molecular formula is C9H18O6P4. The molecule has 0 rings (SSSR count). The van der Waals surface area contributed by atoms with Crippen LogP contribution in [0.5, 0.6) is 0 Å². The summed E-state index contributed by atoms with van der Waals surface area (Å²) in [6.07, 6.45) is 2.31. The van der Waals surface area contributed by atoms with Gasteiger partial charge in [0.15, 0.2) is 0 Å². The van der Waals surface area contributed by atoms with E-state index in [9.17, 15) is 14.4 Å². The van der Waals surface area contributed by atoms with E-state index in [0.717, 1.165) is 0 Å². The lowest BCUT2D eigenvalue weighted by Gasteiger charge is -2.16. The summed E-state index contributed by atoms with van der Waals surface area (Å²) in [5.41, 5.74) is 0. The van der Waals surface area contributed by atoms with E-state index in [1.165, 1.54) is 0 Å². The average molecular weight is 346 g/mol. The van der Waals surface area contributed by atoms with Crippen molar-refractivity contribution in [3.8, 4) is 0 Å². The van der Waals surface area contributed by atoms with Crippen LogP contribution in [0, 0.1) is 0 Å². The summed E-state index contributed by atoms with van der Waals surface area (Å²) in [5.74, 6) is -2.44. The Kier molecular flexibility index (Phi) is 12.0. The van der Waals surface area contributed by atoms with Crippen LogP contribution in [0.2, 0.25) is 0 Å². The highest BCUT2D eigenvalue weighted by molar-refractivity contribution is 8.74. The van der Waals surface area contributed by atoms with E-state index >= 15 is 0 Å². The first-order chi connectivity index (χ1) is 8.91. The zero-order valence-electron chi connectivity index (χ0n) is 10.3. The Balaban J connectivity index is 3.94. The van der Waals surface area contributed by atoms with Crippen molar-refractivity contribution in [3.63, 3.8) is 0 Å². The molecule has 0 fully saturated rings. The van der Waals surface area contributed by atoms with Gasteiger partial charge < -0.3 is 15.3 Å². The van der Waals surface area contributed by atoms with Gasteiger partial charge in [-0.1, -0.05) is 24.8 Å². The standard InChI is InChI=1S/C9H18O6P4/c10-7(11)1-4-16-19(17-5-2-8(12)13)18-6-3-9(14)15/h16-18H,1-6H2,(H,10,11)(H,12,13)(H,14,15). The van der Waals surface area contributed by atoms with Gasteiger partial charge >= 0.3 is 17.9 Å². The fraction of sp³-hybridized carbons (Fsp3) is 0.667. The molecule has 110 valence electrons. The highest BCUT2D eigenvalue weighted by Crippen LogP contribution is 2.80. The van der Waals surface area contributed by atoms with Gasteiger partial charge in [-0.25, -0.2) is 0 Å². The molecule has 0 aromatic carbocycles. The molecule has 0 aliphatic heterocycles. The molecular weight excluding hydrogens is 328 g/mol. The second-order valence-corrected chi connectivity index (χ2v) is 17.5. The average Bonchev–Trinajstić information content (AvgIpc) is 2.26. The monoisotopic (exact) mass is 346 g/mol. The predicted octanol–water partition coefficient (Wildman–Crippen LogP) is 2.67. The number of carboxylic acid groups (broad SMARTS) is 3. The van der Waals surface area contributed by atoms with Gasteiger partial charge in [-0.05, 0) is 25.5 Å². The number of carboxylic acids is 3. The van der Waals surface area contributed by atoms with E-state index in [0.29, 0.717) is 43.3 Å². The maximum absolute atomic E-state index is 10.4. The van der Waals surface area contributed by atoms with Crippen LogP contribution in [0.3, 0.4) is 0 Å². The molecule has 3 atom stereocenters. The van der Waals surface area contributed by atoms with Crippen LogP contribution >= 0.6 is 31.8 Å². The number of carbonyl (C=O) groups is 3. The van der Waals surface area contributed by atoms with Gasteiger partial charge in [0, 0.05) is 19.3 Å². The lowest BCUT2D eigenvalue weighted by Crippen LogP contribution is -1.95. The topological polar surface area (TPSA) is 112 Å². The van der Waals surface area contributed by atoms with Crippen molar-refractivity contribution in [2.45, 2.75) is 19.3 Å².